The molecule has 0 amide bonds. The van der Waals surface area contributed by atoms with Gasteiger partial charge in [0.2, 0.25) is 5.88 Å². The van der Waals surface area contributed by atoms with Crippen molar-refractivity contribution < 1.29 is 14.3 Å². The minimum Gasteiger partial charge on any atom is -0.476 e. The van der Waals surface area contributed by atoms with Crippen molar-refractivity contribution in [2.24, 2.45) is 0 Å². The number of hydrogen-bond donors (Lipinski definition) is 1. The minimum absolute atomic E-state index is 0.192. The van der Waals surface area contributed by atoms with Crippen LogP contribution < -0.4 is 10.5 Å². The summed E-state index contributed by atoms with van der Waals surface area (Å²) in [6, 6.07) is 3.07. The quantitative estimate of drug-likeness (QED) is 0.757. The van der Waals surface area contributed by atoms with Gasteiger partial charge in [-0.15, -0.1) is 0 Å². The van der Waals surface area contributed by atoms with Gasteiger partial charge in [-0.05, 0) is 18.6 Å². The molecule has 0 saturated heterocycles. The van der Waals surface area contributed by atoms with Crippen molar-refractivity contribution in [3.63, 3.8) is 0 Å². The maximum absolute atomic E-state index is 11.2. The molecule has 0 radical (unpaired) electrons. The van der Waals surface area contributed by atoms with E-state index in [0.717, 1.165) is 6.42 Å². The molecule has 0 spiro atoms. The van der Waals surface area contributed by atoms with Gasteiger partial charge in [0.05, 0.1) is 19.4 Å². The Morgan fingerprint density at radius 1 is 1.53 bits per heavy atom. The zero-order valence-corrected chi connectivity index (χ0v) is 8.82. The lowest BCUT2D eigenvalue weighted by atomic mass is 10.3. The summed E-state index contributed by atoms with van der Waals surface area (Å²) in [4.78, 5) is 15.1. The smallest absolute Gasteiger partial charge is 0.356 e. The van der Waals surface area contributed by atoms with Crippen molar-refractivity contribution >= 4 is 11.7 Å². The van der Waals surface area contributed by atoms with Crippen molar-refractivity contribution in [3.8, 4) is 5.88 Å². The van der Waals surface area contributed by atoms with Crippen molar-refractivity contribution in [2.75, 3.05) is 19.5 Å². The van der Waals surface area contributed by atoms with Crippen LogP contribution >= 0.6 is 0 Å². The van der Waals surface area contributed by atoms with Gasteiger partial charge in [0.25, 0.3) is 0 Å². The molecular formula is C10H14N2O3. The Labute approximate surface area is 88.2 Å². The van der Waals surface area contributed by atoms with Crippen molar-refractivity contribution in [2.45, 2.75) is 13.3 Å². The number of rotatable bonds is 4. The monoisotopic (exact) mass is 210 g/mol. The van der Waals surface area contributed by atoms with Crippen LogP contribution in [0.5, 0.6) is 5.88 Å². The number of nitrogens with zero attached hydrogens (tertiary/aromatic N) is 1. The fourth-order valence-corrected chi connectivity index (χ4v) is 0.984. The number of ether oxygens (including phenoxy) is 2. The van der Waals surface area contributed by atoms with E-state index < -0.39 is 5.97 Å². The van der Waals surface area contributed by atoms with Crippen LogP contribution in [0.4, 0.5) is 5.69 Å². The molecular weight excluding hydrogens is 196 g/mol. The number of aromatic nitrogens is 1. The third-order valence-electron chi connectivity index (χ3n) is 1.73. The first kappa shape index (κ1) is 11.3. The highest BCUT2D eigenvalue weighted by atomic mass is 16.5. The van der Waals surface area contributed by atoms with Crippen LogP contribution in [0.1, 0.15) is 23.8 Å². The molecule has 1 rings (SSSR count). The number of nitrogen functional groups attached to an aromatic ring is 1. The van der Waals surface area contributed by atoms with E-state index in [1.54, 1.807) is 6.07 Å². The standard InChI is InChI=1S/C10H14N2O3/c1-3-6-15-9-7(11)4-5-8(12-9)10(13)14-2/h4-5H,3,6,11H2,1-2H3. The molecule has 0 unspecified atom stereocenters. The summed E-state index contributed by atoms with van der Waals surface area (Å²) >= 11 is 0. The summed E-state index contributed by atoms with van der Waals surface area (Å²) in [5.74, 6) is -0.226. The van der Waals surface area contributed by atoms with E-state index in [1.807, 2.05) is 6.92 Å². The molecule has 0 aliphatic heterocycles. The number of carbonyl (C=O) groups is 1. The molecule has 0 fully saturated rings. The van der Waals surface area contributed by atoms with E-state index in [1.165, 1.54) is 13.2 Å². The third kappa shape index (κ3) is 2.83. The van der Waals surface area contributed by atoms with Crippen LogP contribution in [0.3, 0.4) is 0 Å². The van der Waals surface area contributed by atoms with E-state index in [4.69, 9.17) is 10.5 Å². The van der Waals surface area contributed by atoms with E-state index >= 15 is 0 Å². The summed E-state index contributed by atoms with van der Waals surface area (Å²) in [6.07, 6.45) is 0.851. The lowest BCUT2D eigenvalue weighted by molar-refractivity contribution is 0.0593. The molecule has 82 valence electrons. The SMILES string of the molecule is CCCOc1nc(C(=O)OC)ccc1N. The lowest BCUT2D eigenvalue weighted by Gasteiger charge is -2.07. The van der Waals surface area contributed by atoms with Gasteiger partial charge < -0.3 is 15.2 Å². The van der Waals surface area contributed by atoms with Crippen molar-refractivity contribution in [1.82, 2.24) is 4.98 Å². The molecule has 0 aromatic carbocycles. The van der Waals surface area contributed by atoms with Crippen LogP contribution in [0.15, 0.2) is 12.1 Å². The Morgan fingerprint density at radius 2 is 2.27 bits per heavy atom. The Kier molecular flexibility index (Phi) is 3.91. The zero-order chi connectivity index (χ0) is 11.3. The van der Waals surface area contributed by atoms with Gasteiger partial charge in [0.15, 0.2) is 5.69 Å². The van der Waals surface area contributed by atoms with Crippen LogP contribution in [0.2, 0.25) is 0 Å². The number of esters is 1. The number of pyridine rings is 1. The number of nitrogens with two attached hydrogens (primary N) is 1. The molecule has 0 aliphatic rings. The van der Waals surface area contributed by atoms with Gasteiger partial charge in [0.1, 0.15) is 0 Å². The number of hydrogen-bond acceptors (Lipinski definition) is 5. The molecule has 1 aromatic heterocycles. The predicted molar refractivity (Wildman–Crippen MR) is 55.8 cm³/mol. The largest absolute Gasteiger partial charge is 0.476 e. The van der Waals surface area contributed by atoms with Gasteiger partial charge in [0, 0.05) is 0 Å². The average molecular weight is 210 g/mol. The first-order valence-corrected chi connectivity index (χ1v) is 4.66. The van der Waals surface area contributed by atoms with Crippen LogP contribution in [0.25, 0.3) is 0 Å². The van der Waals surface area contributed by atoms with E-state index in [0.29, 0.717) is 12.3 Å². The molecule has 5 nitrogen and oxygen atoms in total. The second-order valence-electron chi connectivity index (χ2n) is 2.93. The molecule has 0 bridgehead atoms. The highest BCUT2D eigenvalue weighted by Gasteiger charge is 2.10. The maximum atomic E-state index is 11.2. The summed E-state index contributed by atoms with van der Waals surface area (Å²) in [6.45, 7) is 2.49. The summed E-state index contributed by atoms with van der Waals surface area (Å²) in [5, 5.41) is 0. The Morgan fingerprint density at radius 3 is 2.87 bits per heavy atom. The van der Waals surface area contributed by atoms with Crippen LogP contribution in [0, 0.1) is 0 Å². The Bertz CT molecular complexity index is 353. The molecule has 0 aliphatic carbocycles. The van der Waals surface area contributed by atoms with Crippen molar-refractivity contribution in [3.05, 3.63) is 17.8 Å². The fraction of sp³-hybridized carbons (Fsp3) is 0.400. The Balaban J connectivity index is 2.89. The summed E-state index contributed by atoms with van der Waals surface area (Å²) in [5.41, 5.74) is 6.24. The van der Waals surface area contributed by atoms with Crippen LogP contribution in [-0.2, 0) is 4.74 Å². The zero-order valence-electron chi connectivity index (χ0n) is 8.82. The normalized spacial score (nSPS) is 9.73. The van der Waals surface area contributed by atoms with E-state index in [-0.39, 0.29) is 11.6 Å². The summed E-state index contributed by atoms with van der Waals surface area (Å²) in [7, 11) is 1.30. The third-order valence-corrected chi connectivity index (χ3v) is 1.73. The van der Waals surface area contributed by atoms with E-state index in [9.17, 15) is 4.79 Å². The molecule has 1 heterocycles. The highest BCUT2D eigenvalue weighted by molar-refractivity contribution is 5.87. The minimum atomic E-state index is -0.503. The first-order chi connectivity index (χ1) is 7.19. The highest BCUT2D eigenvalue weighted by Crippen LogP contribution is 2.18. The van der Waals surface area contributed by atoms with Gasteiger partial charge in [-0.2, -0.15) is 0 Å². The number of anilines is 1. The maximum Gasteiger partial charge on any atom is 0.356 e. The molecule has 2 N–H and O–H groups in total. The molecule has 0 saturated carbocycles. The summed E-state index contributed by atoms with van der Waals surface area (Å²) < 4.78 is 9.82. The molecule has 15 heavy (non-hydrogen) atoms. The van der Waals surface area contributed by atoms with Gasteiger partial charge in [-0.1, -0.05) is 6.92 Å². The first-order valence-electron chi connectivity index (χ1n) is 4.66. The van der Waals surface area contributed by atoms with Gasteiger partial charge in [-0.25, -0.2) is 9.78 Å². The van der Waals surface area contributed by atoms with Gasteiger partial charge in [-0.3, -0.25) is 0 Å². The number of methoxy groups -OCH3 is 1. The van der Waals surface area contributed by atoms with Crippen LogP contribution in [-0.4, -0.2) is 24.7 Å². The second-order valence-corrected chi connectivity index (χ2v) is 2.93. The van der Waals surface area contributed by atoms with Gasteiger partial charge >= 0.3 is 5.97 Å². The fourth-order valence-electron chi connectivity index (χ4n) is 0.984. The second kappa shape index (κ2) is 5.19. The van der Waals surface area contributed by atoms with E-state index in [2.05, 4.69) is 9.72 Å². The average Bonchev–Trinajstić information content (AvgIpc) is 2.27. The van der Waals surface area contributed by atoms with Crippen molar-refractivity contribution in [1.29, 1.82) is 0 Å². The molecule has 5 heteroatoms. The Hall–Kier alpha value is -1.78. The topological polar surface area (TPSA) is 74.4 Å². The molecule has 0 atom stereocenters. The lowest BCUT2D eigenvalue weighted by Crippen LogP contribution is -2.08. The number of carbonyl (C=O) groups excluding carboxylic acids is 1. The molecule has 1 aromatic rings. The predicted octanol–water partition coefficient (Wildman–Crippen LogP) is 1.24.